The van der Waals surface area contributed by atoms with E-state index in [2.05, 4.69) is 10.3 Å². The van der Waals surface area contributed by atoms with Crippen LogP contribution in [0.1, 0.15) is 31.2 Å². The van der Waals surface area contributed by atoms with Crippen molar-refractivity contribution >= 4 is 5.91 Å². The molecule has 0 spiro atoms. The Morgan fingerprint density at radius 2 is 2.05 bits per heavy atom. The smallest absolute Gasteiger partial charge is 0.233 e. The number of hydrazine groups is 1. The van der Waals surface area contributed by atoms with Gasteiger partial charge in [0.15, 0.2) is 0 Å². The number of nitrogens with zero attached hydrogens (tertiary/aromatic N) is 1. The number of benzene rings is 1. The summed E-state index contributed by atoms with van der Waals surface area (Å²) in [6, 6.07) is 6.82. The van der Waals surface area contributed by atoms with E-state index in [4.69, 9.17) is 5.84 Å². The van der Waals surface area contributed by atoms with Crippen LogP contribution in [-0.4, -0.2) is 24.4 Å². The molecule has 1 aromatic rings. The van der Waals surface area contributed by atoms with Gasteiger partial charge in [-0.1, -0.05) is 24.6 Å². The van der Waals surface area contributed by atoms with Gasteiger partial charge in [0.25, 0.3) is 0 Å². The topological polar surface area (TPSA) is 58.4 Å². The Morgan fingerprint density at radius 1 is 1.32 bits per heavy atom. The zero-order valence-corrected chi connectivity index (χ0v) is 11.4. The minimum Gasteiger partial charge on any atom is -0.302 e. The Balaban J connectivity index is 2.16. The predicted octanol–water partition coefficient (Wildman–Crippen LogP) is 1.81. The summed E-state index contributed by atoms with van der Waals surface area (Å²) in [4.78, 5) is 13.0. The molecular formula is C14H22FN3O. The Bertz CT molecular complexity index is 398. The number of halogens is 1. The summed E-state index contributed by atoms with van der Waals surface area (Å²) >= 11 is 0. The molecule has 0 saturated heterocycles. The highest BCUT2D eigenvalue weighted by molar-refractivity contribution is 5.74. The van der Waals surface area contributed by atoms with E-state index < -0.39 is 0 Å². The van der Waals surface area contributed by atoms with E-state index >= 15 is 0 Å². The number of unbranched alkanes of at least 4 members (excludes halogenated alkanes) is 2. The van der Waals surface area contributed by atoms with Crippen LogP contribution in [0.4, 0.5) is 4.39 Å². The third kappa shape index (κ3) is 6.31. The van der Waals surface area contributed by atoms with Gasteiger partial charge in [0, 0.05) is 18.5 Å². The lowest BCUT2D eigenvalue weighted by Gasteiger charge is -2.16. The van der Waals surface area contributed by atoms with Crippen LogP contribution in [0.15, 0.2) is 24.3 Å². The SMILES string of the molecule is CN(CCCCCC(=O)NN)Cc1ccccc1F. The van der Waals surface area contributed by atoms with Gasteiger partial charge >= 0.3 is 0 Å². The van der Waals surface area contributed by atoms with Crippen molar-refractivity contribution in [3.63, 3.8) is 0 Å². The molecule has 5 heteroatoms. The number of rotatable bonds is 8. The number of nitrogens with one attached hydrogen (secondary N) is 1. The number of carbonyl (C=O) groups is 1. The molecule has 1 rings (SSSR count). The minimum atomic E-state index is -0.158. The third-order valence-corrected chi connectivity index (χ3v) is 3.00. The normalized spacial score (nSPS) is 10.7. The van der Waals surface area contributed by atoms with Crippen LogP contribution >= 0.6 is 0 Å². The second-order valence-electron chi connectivity index (χ2n) is 4.71. The Labute approximate surface area is 113 Å². The summed E-state index contributed by atoms with van der Waals surface area (Å²) < 4.78 is 13.4. The first-order chi connectivity index (χ1) is 9.13. The third-order valence-electron chi connectivity index (χ3n) is 3.00. The molecule has 1 amide bonds. The summed E-state index contributed by atoms with van der Waals surface area (Å²) in [6.45, 7) is 1.49. The first-order valence-electron chi connectivity index (χ1n) is 6.55. The van der Waals surface area contributed by atoms with Gasteiger partial charge in [-0.25, -0.2) is 10.2 Å². The molecule has 0 atom stereocenters. The summed E-state index contributed by atoms with van der Waals surface area (Å²) in [5, 5.41) is 0. The first-order valence-corrected chi connectivity index (χ1v) is 6.55. The van der Waals surface area contributed by atoms with Crippen molar-refractivity contribution < 1.29 is 9.18 Å². The van der Waals surface area contributed by atoms with E-state index in [9.17, 15) is 9.18 Å². The Hall–Kier alpha value is -1.46. The van der Waals surface area contributed by atoms with E-state index in [0.29, 0.717) is 18.5 Å². The zero-order chi connectivity index (χ0) is 14.1. The van der Waals surface area contributed by atoms with Gasteiger partial charge in [-0.2, -0.15) is 0 Å². The molecule has 1 aromatic carbocycles. The van der Waals surface area contributed by atoms with Crippen molar-refractivity contribution in [2.24, 2.45) is 5.84 Å². The highest BCUT2D eigenvalue weighted by Crippen LogP contribution is 2.09. The summed E-state index contributed by atoms with van der Waals surface area (Å²) in [6.07, 6.45) is 3.25. The number of nitrogens with two attached hydrogens (primary N) is 1. The predicted molar refractivity (Wildman–Crippen MR) is 73.5 cm³/mol. The summed E-state index contributed by atoms with van der Waals surface area (Å²) in [5.41, 5.74) is 2.83. The average Bonchev–Trinajstić information content (AvgIpc) is 2.40. The number of amides is 1. The van der Waals surface area contributed by atoms with Crippen molar-refractivity contribution in [2.45, 2.75) is 32.2 Å². The quantitative estimate of drug-likeness (QED) is 0.327. The maximum Gasteiger partial charge on any atom is 0.233 e. The molecule has 0 aliphatic rings. The van der Waals surface area contributed by atoms with Gasteiger partial charge < -0.3 is 4.90 Å². The molecule has 0 fully saturated rings. The van der Waals surface area contributed by atoms with Gasteiger partial charge in [-0.05, 0) is 32.5 Å². The second kappa shape index (κ2) is 8.61. The molecule has 0 aliphatic carbocycles. The Kier molecular flexibility index (Phi) is 7.07. The average molecular weight is 267 g/mol. The highest BCUT2D eigenvalue weighted by atomic mass is 19.1. The zero-order valence-electron chi connectivity index (χ0n) is 11.4. The monoisotopic (exact) mass is 267 g/mol. The van der Waals surface area contributed by atoms with Crippen molar-refractivity contribution in [2.75, 3.05) is 13.6 Å². The van der Waals surface area contributed by atoms with Crippen molar-refractivity contribution in [3.8, 4) is 0 Å². The maximum absolute atomic E-state index is 13.4. The standard InChI is InChI=1S/C14H22FN3O/c1-18(10-6-2-3-9-14(19)17-16)11-12-7-4-5-8-13(12)15/h4-5,7-8H,2-3,6,9-11,16H2,1H3,(H,17,19). The van der Waals surface area contributed by atoms with Crippen LogP contribution in [-0.2, 0) is 11.3 Å². The van der Waals surface area contributed by atoms with Gasteiger partial charge in [-0.15, -0.1) is 0 Å². The van der Waals surface area contributed by atoms with Gasteiger partial charge in [0.1, 0.15) is 5.82 Å². The van der Waals surface area contributed by atoms with Crippen LogP contribution in [0, 0.1) is 5.82 Å². The van der Waals surface area contributed by atoms with E-state index in [1.807, 2.05) is 13.1 Å². The highest BCUT2D eigenvalue weighted by Gasteiger charge is 2.05. The maximum atomic E-state index is 13.4. The minimum absolute atomic E-state index is 0.125. The van der Waals surface area contributed by atoms with Crippen molar-refractivity contribution in [1.29, 1.82) is 0 Å². The number of hydrogen-bond acceptors (Lipinski definition) is 3. The van der Waals surface area contributed by atoms with Crippen LogP contribution < -0.4 is 11.3 Å². The molecule has 0 aliphatic heterocycles. The molecule has 0 unspecified atom stereocenters. The van der Waals surface area contributed by atoms with Gasteiger partial charge in [0.05, 0.1) is 0 Å². The molecule has 0 saturated carbocycles. The second-order valence-corrected chi connectivity index (χ2v) is 4.71. The number of carbonyl (C=O) groups excluding carboxylic acids is 1. The van der Waals surface area contributed by atoms with Crippen molar-refractivity contribution in [3.05, 3.63) is 35.6 Å². The fraction of sp³-hybridized carbons (Fsp3) is 0.500. The van der Waals surface area contributed by atoms with Crippen LogP contribution in [0.2, 0.25) is 0 Å². The molecular weight excluding hydrogens is 245 g/mol. The van der Waals surface area contributed by atoms with E-state index in [-0.39, 0.29) is 11.7 Å². The van der Waals surface area contributed by atoms with E-state index in [0.717, 1.165) is 25.8 Å². The molecule has 106 valence electrons. The first kappa shape index (κ1) is 15.6. The van der Waals surface area contributed by atoms with E-state index in [1.54, 1.807) is 12.1 Å². The lowest BCUT2D eigenvalue weighted by atomic mass is 10.1. The van der Waals surface area contributed by atoms with Gasteiger partial charge in [0.2, 0.25) is 5.91 Å². The summed E-state index contributed by atoms with van der Waals surface area (Å²) in [7, 11) is 1.97. The van der Waals surface area contributed by atoms with E-state index in [1.165, 1.54) is 6.07 Å². The van der Waals surface area contributed by atoms with Crippen LogP contribution in [0.5, 0.6) is 0 Å². The summed E-state index contributed by atoms with van der Waals surface area (Å²) in [5.74, 6) is 4.71. The largest absolute Gasteiger partial charge is 0.302 e. The molecule has 4 nitrogen and oxygen atoms in total. The molecule has 0 heterocycles. The van der Waals surface area contributed by atoms with Gasteiger partial charge in [-0.3, -0.25) is 10.2 Å². The molecule has 0 bridgehead atoms. The molecule has 0 aromatic heterocycles. The van der Waals surface area contributed by atoms with Crippen LogP contribution in [0.3, 0.4) is 0 Å². The fourth-order valence-electron chi connectivity index (χ4n) is 1.91. The molecule has 3 N–H and O–H groups in total. The molecule has 0 radical (unpaired) electrons. The van der Waals surface area contributed by atoms with Crippen molar-refractivity contribution in [1.82, 2.24) is 10.3 Å². The number of hydrogen-bond donors (Lipinski definition) is 2. The Morgan fingerprint density at radius 3 is 2.74 bits per heavy atom. The van der Waals surface area contributed by atoms with Crippen LogP contribution in [0.25, 0.3) is 0 Å². The fourth-order valence-corrected chi connectivity index (χ4v) is 1.91. The lowest BCUT2D eigenvalue weighted by Crippen LogP contribution is -2.29. The molecule has 19 heavy (non-hydrogen) atoms. The lowest BCUT2D eigenvalue weighted by molar-refractivity contribution is -0.121.